The summed E-state index contributed by atoms with van der Waals surface area (Å²) in [7, 11) is 0. The minimum absolute atomic E-state index is 0.0331. The third-order valence-corrected chi connectivity index (χ3v) is 4.88. The third-order valence-electron chi connectivity index (χ3n) is 4.88. The van der Waals surface area contributed by atoms with Crippen molar-refractivity contribution in [3.8, 4) is 0 Å². The van der Waals surface area contributed by atoms with E-state index in [9.17, 15) is 9.59 Å². The van der Waals surface area contributed by atoms with Gasteiger partial charge in [0.1, 0.15) is 12.1 Å². The zero-order chi connectivity index (χ0) is 13.6. The monoisotopic (exact) mass is 264 g/mol. The van der Waals surface area contributed by atoms with Gasteiger partial charge in [-0.05, 0) is 44.4 Å². The van der Waals surface area contributed by atoms with E-state index in [4.69, 9.17) is 0 Å². The van der Waals surface area contributed by atoms with Crippen LogP contribution in [0.3, 0.4) is 0 Å². The Hall–Kier alpha value is -1.06. The molecule has 0 aromatic rings. The predicted molar refractivity (Wildman–Crippen MR) is 72.4 cm³/mol. The minimum atomic E-state index is -0.300. The average molecular weight is 264 g/mol. The molecule has 1 saturated heterocycles. The topological polar surface area (TPSA) is 49.4 Å². The molecule has 106 valence electrons. The third kappa shape index (κ3) is 2.49. The number of carbonyl (C=O) groups is 2. The van der Waals surface area contributed by atoms with Crippen molar-refractivity contribution in [3.63, 3.8) is 0 Å². The minimum Gasteiger partial charge on any atom is -0.342 e. The Labute approximate surface area is 114 Å². The summed E-state index contributed by atoms with van der Waals surface area (Å²) >= 11 is 0. The van der Waals surface area contributed by atoms with E-state index in [2.05, 4.69) is 12.2 Å². The molecule has 0 spiro atoms. The normalized spacial score (nSPS) is 33.3. The number of carbonyl (C=O) groups excluding carboxylic acids is 2. The van der Waals surface area contributed by atoms with Crippen LogP contribution >= 0.6 is 0 Å². The molecule has 3 rings (SSSR count). The highest BCUT2D eigenvalue weighted by Gasteiger charge is 2.47. The van der Waals surface area contributed by atoms with Gasteiger partial charge in [-0.2, -0.15) is 0 Å². The highest BCUT2D eigenvalue weighted by atomic mass is 16.2. The van der Waals surface area contributed by atoms with Gasteiger partial charge < -0.3 is 10.2 Å². The van der Waals surface area contributed by atoms with Gasteiger partial charge in [-0.1, -0.05) is 19.8 Å². The number of nitrogens with one attached hydrogen (secondary N) is 1. The van der Waals surface area contributed by atoms with Gasteiger partial charge in [-0.15, -0.1) is 0 Å². The number of piperazine rings is 1. The lowest BCUT2D eigenvalue weighted by Crippen LogP contribution is -2.65. The van der Waals surface area contributed by atoms with Crippen LogP contribution in [0.1, 0.15) is 52.4 Å². The summed E-state index contributed by atoms with van der Waals surface area (Å²) in [6.45, 7) is 4.00. The van der Waals surface area contributed by atoms with Gasteiger partial charge in [-0.3, -0.25) is 9.59 Å². The van der Waals surface area contributed by atoms with E-state index in [0.29, 0.717) is 5.92 Å². The van der Waals surface area contributed by atoms with Crippen molar-refractivity contribution in [3.05, 3.63) is 0 Å². The van der Waals surface area contributed by atoms with Gasteiger partial charge >= 0.3 is 0 Å². The van der Waals surface area contributed by atoms with Gasteiger partial charge in [-0.25, -0.2) is 0 Å². The van der Waals surface area contributed by atoms with Crippen LogP contribution in [0.5, 0.6) is 0 Å². The molecule has 2 aliphatic carbocycles. The fourth-order valence-electron chi connectivity index (χ4n) is 3.27. The first-order chi connectivity index (χ1) is 9.11. The lowest BCUT2D eigenvalue weighted by Gasteiger charge is -2.42. The summed E-state index contributed by atoms with van der Waals surface area (Å²) in [4.78, 5) is 26.7. The Bertz CT molecular complexity index is 388. The summed E-state index contributed by atoms with van der Waals surface area (Å²) in [6, 6.07) is -0.287. The summed E-state index contributed by atoms with van der Waals surface area (Å²) in [6.07, 6.45) is 6.79. The lowest BCUT2D eigenvalue weighted by molar-refractivity contribution is -0.152. The van der Waals surface area contributed by atoms with Crippen LogP contribution in [0.15, 0.2) is 0 Å². The second-order valence-electron chi connectivity index (χ2n) is 6.49. The molecule has 3 unspecified atom stereocenters. The number of rotatable bonds is 5. The lowest BCUT2D eigenvalue weighted by atomic mass is 9.97. The number of nitrogens with zero attached hydrogens (tertiary/aromatic N) is 1. The zero-order valence-electron chi connectivity index (χ0n) is 11.9. The van der Waals surface area contributed by atoms with E-state index in [1.54, 1.807) is 0 Å². The number of hydrogen-bond acceptors (Lipinski definition) is 2. The first-order valence-corrected chi connectivity index (χ1v) is 7.74. The molecule has 0 aromatic heterocycles. The molecule has 0 bridgehead atoms. The largest absolute Gasteiger partial charge is 0.342 e. The molecule has 1 aliphatic heterocycles. The van der Waals surface area contributed by atoms with E-state index in [-0.39, 0.29) is 29.9 Å². The molecule has 0 aromatic carbocycles. The Morgan fingerprint density at radius 1 is 1.26 bits per heavy atom. The molecule has 1 N–H and O–H groups in total. The van der Waals surface area contributed by atoms with E-state index >= 15 is 0 Å². The van der Waals surface area contributed by atoms with Crippen molar-refractivity contribution in [2.45, 2.75) is 70.5 Å². The van der Waals surface area contributed by atoms with Crippen LogP contribution in [0.2, 0.25) is 0 Å². The molecule has 3 fully saturated rings. The van der Waals surface area contributed by atoms with E-state index in [1.807, 2.05) is 11.8 Å². The molecule has 4 nitrogen and oxygen atoms in total. The fourth-order valence-corrected chi connectivity index (χ4v) is 3.27. The van der Waals surface area contributed by atoms with Gasteiger partial charge in [0.05, 0.1) is 0 Å². The molecule has 3 atom stereocenters. The summed E-state index contributed by atoms with van der Waals surface area (Å²) in [5.41, 5.74) is 0. The summed E-state index contributed by atoms with van der Waals surface area (Å²) < 4.78 is 0. The van der Waals surface area contributed by atoms with Gasteiger partial charge in [0.15, 0.2) is 0 Å². The summed E-state index contributed by atoms with van der Waals surface area (Å²) in [5, 5.41) is 2.93. The van der Waals surface area contributed by atoms with Crippen LogP contribution in [0.25, 0.3) is 0 Å². The maximum Gasteiger partial charge on any atom is 0.246 e. The average Bonchev–Trinajstić information content (AvgIpc) is 3.25. The highest BCUT2D eigenvalue weighted by molar-refractivity contribution is 5.97. The van der Waals surface area contributed by atoms with Crippen molar-refractivity contribution in [2.24, 2.45) is 11.8 Å². The smallest absolute Gasteiger partial charge is 0.246 e. The van der Waals surface area contributed by atoms with E-state index in [1.165, 1.54) is 12.8 Å². The van der Waals surface area contributed by atoms with Crippen molar-refractivity contribution in [2.75, 3.05) is 0 Å². The zero-order valence-corrected chi connectivity index (χ0v) is 11.9. The second kappa shape index (κ2) is 4.80. The van der Waals surface area contributed by atoms with Crippen molar-refractivity contribution in [1.29, 1.82) is 0 Å². The van der Waals surface area contributed by atoms with Crippen LogP contribution in [0, 0.1) is 11.8 Å². The Kier molecular flexibility index (Phi) is 3.27. The van der Waals surface area contributed by atoms with E-state index < -0.39 is 0 Å². The van der Waals surface area contributed by atoms with Crippen molar-refractivity contribution < 1.29 is 9.59 Å². The molecule has 2 amide bonds. The van der Waals surface area contributed by atoms with Crippen LogP contribution in [-0.2, 0) is 9.59 Å². The maximum atomic E-state index is 12.7. The van der Waals surface area contributed by atoms with Gasteiger partial charge in [0.2, 0.25) is 11.8 Å². The maximum absolute atomic E-state index is 12.7. The predicted octanol–water partition coefficient (Wildman–Crippen LogP) is 1.69. The number of amides is 2. The van der Waals surface area contributed by atoms with Gasteiger partial charge in [0, 0.05) is 6.04 Å². The molecule has 4 heteroatoms. The molecular formula is C15H24N2O2. The van der Waals surface area contributed by atoms with Crippen molar-refractivity contribution in [1.82, 2.24) is 10.2 Å². The van der Waals surface area contributed by atoms with Crippen LogP contribution in [-0.4, -0.2) is 34.8 Å². The quantitative estimate of drug-likeness (QED) is 0.821. The van der Waals surface area contributed by atoms with Gasteiger partial charge in [0.25, 0.3) is 0 Å². The summed E-state index contributed by atoms with van der Waals surface area (Å²) in [5.74, 6) is 1.38. The Balaban J connectivity index is 1.77. The number of hydrogen-bond donors (Lipinski definition) is 1. The second-order valence-corrected chi connectivity index (χ2v) is 6.49. The molecular weight excluding hydrogens is 240 g/mol. The fraction of sp³-hybridized carbons (Fsp3) is 0.867. The Morgan fingerprint density at radius 2 is 1.95 bits per heavy atom. The Morgan fingerprint density at radius 3 is 2.47 bits per heavy atom. The molecule has 1 heterocycles. The highest BCUT2D eigenvalue weighted by Crippen LogP contribution is 2.39. The van der Waals surface area contributed by atoms with Crippen LogP contribution in [0.4, 0.5) is 0 Å². The SMILES string of the molecule is CCC(CC1CC1)N1C(=O)C(C2CC2)NC(=O)C1C. The first-order valence-electron chi connectivity index (χ1n) is 7.74. The molecule has 2 saturated carbocycles. The van der Waals surface area contributed by atoms with Crippen molar-refractivity contribution >= 4 is 11.8 Å². The van der Waals surface area contributed by atoms with E-state index in [0.717, 1.165) is 31.6 Å². The molecule has 0 radical (unpaired) electrons. The first kappa shape index (κ1) is 12.9. The molecule has 19 heavy (non-hydrogen) atoms. The van der Waals surface area contributed by atoms with Crippen LogP contribution < -0.4 is 5.32 Å². The molecule has 3 aliphatic rings. The standard InChI is InChI=1S/C15H24N2O2/c1-3-12(8-10-4-5-10)17-9(2)14(18)16-13(15(17)19)11-6-7-11/h9-13H,3-8H2,1-2H3,(H,16,18).